The minimum absolute atomic E-state index is 0.0413. The van der Waals surface area contributed by atoms with E-state index in [4.69, 9.17) is 9.47 Å². The highest BCUT2D eigenvalue weighted by Crippen LogP contribution is 2.43. The molecule has 2 aromatic carbocycles. The number of halogens is 4. The number of alkyl halides is 3. The summed E-state index contributed by atoms with van der Waals surface area (Å²) in [5, 5.41) is 25.5. The Hall–Kier alpha value is -3.09. The van der Waals surface area contributed by atoms with Gasteiger partial charge in [0.05, 0.1) is 38.2 Å². The average Bonchev–Trinajstić information content (AvgIpc) is 3.14. The molecule has 3 atom stereocenters. The summed E-state index contributed by atoms with van der Waals surface area (Å²) in [6.07, 6.45) is -8.94. The molecule has 1 aliphatic carbocycles. The molecule has 2 amide bonds. The zero-order valence-electron chi connectivity index (χ0n) is 18.7. The molecule has 1 fully saturated rings. The van der Waals surface area contributed by atoms with Crippen LogP contribution >= 0.6 is 0 Å². The van der Waals surface area contributed by atoms with Crippen LogP contribution in [0, 0.1) is 5.82 Å². The van der Waals surface area contributed by atoms with Gasteiger partial charge in [-0.2, -0.15) is 13.2 Å². The van der Waals surface area contributed by atoms with Crippen molar-refractivity contribution < 1.29 is 42.0 Å². The molecule has 0 aromatic heterocycles. The molecule has 2 aliphatic rings. The molecule has 4 N–H and O–H groups in total. The maximum Gasteiger partial charge on any atom is 0.418 e. The molecule has 0 radical (unpaired) electrons. The molecule has 0 spiro atoms. The van der Waals surface area contributed by atoms with E-state index in [0.717, 1.165) is 7.11 Å². The van der Waals surface area contributed by atoms with Crippen LogP contribution in [0.25, 0.3) is 0 Å². The number of anilines is 2. The van der Waals surface area contributed by atoms with E-state index >= 15 is 0 Å². The number of benzene rings is 2. The van der Waals surface area contributed by atoms with Crippen molar-refractivity contribution in [2.24, 2.45) is 0 Å². The third kappa shape index (κ3) is 5.14. The average molecular weight is 499 g/mol. The molecule has 8 nitrogen and oxygen atoms in total. The van der Waals surface area contributed by atoms with E-state index in [-0.39, 0.29) is 23.4 Å². The number of rotatable bonds is 5. The number of ether oxygens (including phenoxy) is 2. The second-order valence-electron chi connectivity index (χ2n) is 8.32. The van der Waals surface area contributed by atoms with Gasteiger partial charge in [0.2, 0.25) is 0 Å². The summed E-state index contributed by atoms with van der Waals surface area (Å²) >= 11 is 0. The van der Waals surface area contributed by atoms with Gasteiger partial charge in [0.15, 0.2) is 6.10 Å². The number of nitrogens with one attached hydrogen (secondary N) is 2. The molecule has 35 heavy (non-hydrogen) atoms. The van der Waals surface area contributed by atoms with Crippen LogP contribution in [0.5, 0.6) is 5.75 Å². The van der Waals surface area contributed by atoms with Crippen LogP contribution in [0.2, 0.25) is 0 Å². The molecule has 0 saturated carbocycles. The monoisotopic (exact) mass is 499 g/mol. The lowest BCUT2D eigenvalue weighted by Crippen LogP contribution is -2.40. The number of hydrogen-bond donors (Lipinski definition) is 4. The summed E-state index contributed by atoms with van der Waals surface area (Å²) in [5.74, 6) is -0.861. The van der Waals surface area contributed by atoms with Gasteiger partial charge in [0.1, 0.15) is 11.6 Å². The topological polar surface area (TPSA) is 103 Å². The van der Waals surface area contributed by atoms with Crippen LogP contribution < -0.4 is 20.3 Å². The summed E-state index contributed by atoms with van der Waals surface area (Å²) in [6.45, 7) is 1.53. The Morgan fingerprint density at radius 3 is 2.60 bits per heavy atom. The van der Waals surface area contributed by atoms with E-state index in [0.29, 0.717) is 37.6 Å². The molecule has 12 heteroatoms. The van der Waals surface area contributed by atoms with Gasteiger partial charge in [-0.15, -0.1) is 0 Å². The van der Waals surface area contributed by atoms with Gasteiger partial charge < -0.3 is 35.2 Å². The number of aliphatic hydroxyl groups excluding tert-OH is 2. The van der Waals surface area contributed by atoms with E-state index in [1.807, 2.05) is 0 Å². The van der Waals surface area contributed by atoms with Crippen LogP contribution in [-0.4, -0.2) is 61.9 Å². The lowest BCUT2D eigenvalue weighted by Gasteiger charge is -2.31. The summed E-state index contributed by atoms with van der Waals surface area (Å²) in [7, 11) is 1.12. The van der Waals surface area contributed by atoms with Crippen molar-refractivity contribution in [3.63, 3.8) is 0 Å². The minimum atomic E-state index is -4.97. The van der Waals surface area contributed by atoms with Gasteiger partial charge in [-0.25, -0.2) is 9.18 Å². The molecular weight excluding hydrogens is 474 g/mol. The SMILES string of the molecule is COc1c(NC(=O)N[C@@H]2Cc3c(F)cccc3[C@@H]2O)cc(N2CCOCC2)cc1C(O)C(F)(F)F. The largest absolute Gasteiger partial charge is 0.494 e. The van der Waals surface area contributed by atoms with E-state index in [2.05, 4.69) is 10.6 Å². The van der Waals surface area contributed by atoms with Gasteiger partial charge in [-0.1, -0.05) is 12.1 Å². The van der Waals surface area contributed by atoms with Gasteiger partial charge in [0, 0.05) is 24.3 Å². The molecule has 4 rings (SSSR count). The Bertz CT molecular complexity index is 1090. The minimum Gasteiger partial charge on any atom is -0.494 e. The number of carbonyl (C=O) groups is 1. The van der Waals surface area contributed by atoms with Gasteiger partial charge in [0.25, 0.3) is 0 Å². The maximum absolute atomic E-state index is 14.1. The van der Waals surface area contributed by atoms with E-state index in [1.165, 1.54) is 24.3 Å². The summed E-state index contributed by atoms with van der Waals surface area (Å²) in [5.41, 5.74) is 0.307. The van der Waals surface area contributed by atoms with E-state index in [9.17, 15) is 32.6 Å². The summed E-state index contributed by atoms with van der Waals surface area (Å²) in [4.78, 5) is 14.5. The molecule has 1 unspecified atom stereocenters. The Morgan fingerprint density at radius 1 is 1.26 bits per heavy atom. The molecule has 190 valence electrons. The predicted molar refractivity (Wildman–Crippen MR) is 118 cm³/mol. The smallest absolute Gasteiger partial charge is 0.418 e. The van der Waals surface area contributed by atoms with Crippen LogP contribution in [-0.2, 0) is 11.2 Å². The van der Waals surface area contributed by atoms with Crippen LogP contribution in [0.3, 0.4) is 0 Å². The van der Waals surface area contributed by atoms with E-state index in [1.54, 1.807) is 11.0 Å². The standard InChI is InChI=1S/C23H25F4N3O5/c1-34-20-15(21(32)23(25,26)27)9-12(30-5-7-35-8-6-30)10-18(20)29-22(33)28-17-11-14-13(19(17)31)3-2-4-16(14)24/h2-4,9-10,17,19,21,31-32H,5-8,11H2,1H3,(H2,28,29,33)/t17-,19+,21?/m1/s1. The number of carbonyl (C=O) groups excluding carboxylic acids is 1. The van der Waals surface area contributed by atoms with Crippen molar-refractivity contribution in [3.8, 4) is 5.75 Å². The molecule has 0 bridgehead atoms. The van der Waals surface area contributed by atoms with Crippen LogP contribution in [0.4, 0.5) is 33.7 Å². The van der Waals surface area contributed by atoms with Crippen molar-refractivity contribution in [2.45, 2.75) is 30.8 Å². The fourth-order valence-electron chi connectivity index (χ4n) is 4.41. The second-order valence-corrected chi connectivity index (χ2v) is 8.32. The molecular formula is C23H25F4N3O5. The van der Waals surface area contributed by atoms with Crippen molar-refractivity contribution in [1.29, 1.82) is 0 Å². The first-order valence-electron chi connectivity index (χ1n) is 10.9. The van der Waals surface area contributed by atoms with E-state index < -0.39 is 41.8 Å². The second kappa shape index (κ2) is 9.88. The fraction of sp³-hybridized carbons (Fsp3) is 0.435. The summed E-state index contributed by atoms with van der Waals surface area (Å²) in [6, 6.07) is 5.19. The Labute approximate surface area is 198 Å². The first kappa shape index (κ1) is 25.0. The highest BCUT2D eigenvalue weighted by atomic mass is 19.4. The number of amides is 2. The van der Waals surface area contributed by atoms with Gasteiger partial charge >= 0.3 is 12.2 Å². The highest BCUT2D eigenvalue weighted by molar-refractivity contribution is 5.92. The zero-order valence-corrected chi connectivity index (χ0v) is 18.7. The van der Waals surface area contributed by atoms with Crippen molar-refractivity contribution in [1.82, 2.24) is 5.32 Å². The molecule has 1 aliphatic heterocycles. The summed E-state index contributed by atoms with van der Waals surface area (Å²) < 4.78 is 64.7. The first-order valence-corrected chi connectivity index (χ1v) is 10.9. The first-order chi connectivity index (χ1) is 16.6. The Balaban J connectivity index is 1.61. The number of nitrogens with zero attached hydrogens (tertiary/aromatic N) is 1. The third-order valence-electron chi connectivity index (χ3n) is 6.13. The quantitative estimate of drug-likeness (QED) is 0.472. The highest BCUT2D eigenvalue weighted by Gasteiger charge is 2.42. The maximum atomic E-state index is 14.1. The van der Waals surface area contributed by atoms with Crippen molar-refractivity contribution in [2.75, 3.05) is 43.6 Å². The molecule has 1 saturated heterocycles. The number of hydrogen-bond acceptors (Lipinski definition) is 6. The number of morpholine rings is 1. The number of methoxy groups -OCH3 is 1. The van der Waals surface area contributed by atoms with Gasteiger partial charge in [-0.3, -0.25) is 0 Å². The fourth-order valence-corrected chi connectivity index (χ4v) is 4.41. The van der Waals surface area contributed by atoms with Crippen molar-refractivity contribution >= 4 is 17.4 Å². The predicted octanol–water partition coefficient (Wildman–Crippen LogP) is 3.05. The van der Waals surface area contributed by atoms with Crippen molar-refractivity contribution in [3.05, 3.63) is 52.8 Å². The van der Waals surface area contributed by atoms with Crippen LogP contribution in [0.1, 0.15) is 28.9 Å². The number of fused-ring (bicyclic) bond motifs is 1. The van der Waals surface area contributed by atoms with Crippen LogP contribution in [0.15, 0.2) is 30.3 Å². The Morgan fingerprint density at radius 2 is 1.97 bits per heavy atom. The molecule has 1 heterocycles. The third-order valence-corrected chi connectivity index (χ3v) is 6.13. The zero-order chi connectivity index (χ0) is 25.3. The Kier molecular flexibility index (Phi) is 7.06. The normalized spacial score (nSPS) is 20.8. The lowest BCUT2D eigenvalue weighted by atomic mass is 10.0. The molecule has 2 aromatic rings. The number of urea groups is 1. The van der Waals surface area contributed by atoms with Gasteiger partial charge in [-0.05, 0) is 35.7 Å². The number of aliphatic hydroxyl groups is 2. The lowest BCUT2D eigenvalue weighted by molar-refractivity contribution is -0.207.